The summed E-state index contributed by atoms with van der Waals surface area (Å²) in [5, 5.41) is 7.94. The molecular formula is C32H41N5O5S2. The first-order valence-electron chi connectivity index (χ1n) is 15.0. The highest BCUT2D eigenvalue weighted by atomic mass is 32.2. The van der Waals surface area contributed by atoms with E-state index in [0.717, 1.165) is 49.2 Å². The van der Waals surface area contributed by atoms with Gasteiger partial charge in [-0.2, -0.15) is 4.31 Å². The van der Waals surface area contributed by atoms with E-state index in [4.69, 9.17) is 0 Å². The molecule has 1 aromatic heterocycles. The van der Waals surface area contributed by atoms with Crippen LogP contribution < -0.4 is 16.0 Å². The van der Waals surface area contributed by atoms with E-state index >= 15 is 0 Å². The number of unbranched alkanes of at least 4 members (excludes halogenated alkanes) is 2. The summed E-state index contributed by atoms with van der Waals surface area (Å²) >= 11 is 1.32. The fourth-order valence-electron chi connectivity index (χ4n) is 5.11. The maximum absolute atomic E-state index is 13.4. The third-order valence-electron chi connectivity index (χ3n) is 7.57. The number of thiophene rings is 1. The van der Waals surface area contributed by atoms with Crippen molar-refractivity contribution in [3.8, 4) is 0 Å². The Morgan fingerprint density at radius 3 is 2.20 bits per heavy atom. The van der Waals surface area contributed by atoms with E-state index in [1.807, 2.05) is 32.0 Å². The minimum atomic E-state index is -3.70. The topological polar surface area (TPSA) is 128 Å². The molecule has 0 radical (unpaired) electrons. The summed E-state index contributed by atoms with van der Waals surface area (Å²) in [6.07, 6.45) is 3.90. The van der Waals surface area contributed by atoms with Crippen LogP contribution in [0.3, 0.4) is 0 Å². The Morgan fingerprint density at radius 2 is 1.59 bits per heavy atom. The number of carbonyl (C=O) groups is 3. The van der Waals surface area contributed by atoms with Crippen molar-refractivity contribution in [1.29, 1.82) is 0 Å². The Bertz CT molecular complexity index is 1550. The van der Waals surface area contributed by atoms with Crippen LogP contribution in [0.4, 0.5) is 9.80 Å². The number of sulfonamides is 1. The van der Waals surface area contributed by atoms with E-state index in [9.17, 15) is 22.8 Å². The molecule has 0 saturated heterocycles. The SMILES string of the molecule is CCCCN(CCCC)S(=O)(=O)c1ccc(C(=O)Nc2sc3c(c2C(=O)NC(=O)NC)CCN(Cc2ccccc2)C3)cc1. The fourth-order valence-corrected chi connectivity index (χ4v) is 7.91. The van der Waals surface area contributed by atoms with Gasteiger partial charge in [-0.15, -0.1) is 11.3 Å². The molecule has 0 fully saturated rings. The lowest BCUT2D eigenvalue weighted by atomic mass is 10.0. The van der Waals surface area contributed by atoms with Gasteiger partial charge >= 0.3 is 6.03 Å². The van der Waals surface area contributed by atoms with Gasteiger partial charge < -0.3 is 10.6 Å². The van der Waals surface area contributed by atoms with Gasteiger partial charge in [-0.3, -0.25) is 19.8 Å². The summed E-state index contributed by atoms with van der Waals surface area (Å²) in [7, 11) is -2.28. The molecule has 0 aliphatic carbocycles. The largest absolute Gasteiger partial charge is 0.341 e. The number of hydrogen-bond acceptors (Lipinski definition) is 7. The van der Waals surface area contributed by atoms with Crippen LogP contribution in [0.5, 0.6) is 0 Å². The predicted molar refractivity (Wildman–Crippen MR) is 173 cm³/mol. The Kier molecular flexibility index (Phi) is 11.7. The van der Waals surface area contributed by atoms with Crippen molar-refractivity contribution in [3.63, 3.8) is 0 Å². The molecule has 2 aromatic carbocycles. The molecule has 4 rings (SSSR count). The van der Waals surface area contributed by atoms with Gasteiger partial charge in [0.25, 0.3) is 11.8 Å². The van der Waals surface area contributed by atoms with E-state index in [-0.39, 0.29) is 16.0 Å². The highest BCUT2D eigenvalue weighted by molar-refractivity contribution is 7.89. The molecule has 12 heteroatoms. The Balaban J connectivity index is 1.56. The standard InChI is InChI=1S/C32H41N5O5S2/c1-4-6-18-37(19-7-5-2)44(41,42)25-15-13-24(14-16-25)29(38)34-31-28(30(39)35-32(40)33-3)26-17-20-36(22-27(26)43-31)21-23-11-9-8-10-12-23/h8-16H,4-7,17-22H2,1-3H3,(H,34,38)(H2,33,35,39,40). The average Bonchev–Trinajstić information content (AvgIpc) is 3.38. The van der Waals surface area contributed by atoms with Crippen molar-refractivity contribution in [3.05, 3.63) is 81.7 Å². The Labute approximate surface area is 263 Å². The molecule has 10 nitrogen and oxygen atoms in total. The zero-order valence-corrected chi connectivity index (χ0v) is 27.2. The van der Waals surface area contributed by atoms with Crippen molar-refractivity contribution in [1.82, 2.24) is 19.8 Å². The van der Waals surface area contributed by atoms with Crippen LogP contribution >= 0.6 is 11.3 Å². The Hall–Kier alpha value is -3.58. The van der Waals surface area contributed by atoms with Crippen molar-refractivity contribution in [2.75, 3.05) is 32.0 Å². The minimum Gasteiger partial charge on any atom is -0.341 e. The maximum Gasteiger partial charge on any atom is 0.321 e. The molecule has 3 aromatic rings. The molecule has 0 spiro atoms. The van der Waals surface area contributed by atoms with Crippen LogP contribution in [0.1, 0.15) is 76.3 Å². The van der Waals surface area contributed by atoms with Crippen molar-refractivity contribution in [2.24, 2.45) is 0 Å². The lowest BCUT2D eigenvalue weighted by Crippen LogP contribution is -2.38. The van der Waals surface area contributed by atoms with Crippen LogP contribution in [-0.2, 0) is 29.5 Å². The number of hydrogen-bond donors (Lipinski definition) is 3. The second-order valence-corrected chi connectivity index (χ2v) is 13.8. The van der Waals surface area contributed by atoms with Gasteiger partial charge in [0, 0.05) is 50.2 Å². The van der Waals surface area contributed by atoms with Gasteiger partial charge in [0.2, 0.25) is 10.0 Å². The molecule has 0 unspecified atom stereocenters. The molecular weight excluding hydrogens is 599 g/mol. The number of urea groups is 1. The number of rotatable bonds is 13. The summed E-state index contributed by atoms with van der Waals surface area (Å²) in [5.41, 5.74) is 2.54. The second-order valence-electron chi connectivity index (χ2n) is 10.8. The van der Waals surface area contributed by atoms with Gasteiger partial charge in [-0.25, -0.2) is 13.2 Å². The Morgan fingerprint density at radius 1 is 0.932 bits per heavy atom. The number of nitrogens with zero attached hydrogens (tertiary/aromatic N) is 2. The third kappa shape index (κ3) is 8.12. The lowest BCUT2D eigenvalue weighted by molar-refractivity contribution is 0.0964. The summed E-state index contributed by atoms with van der Waals surface area (Å²) in [4.78, 5) is 42.0. The molecule has 3 N–H and O–H groups in total. The highest BCUT2D eigenvalue weighted by Crippen LogP contribution is 2.38. The summed E-state index contributed by atoms with van der Waals surface area (Å²) in [6.45, 7) is 7.03. The van der Waals surface area contributed by atoms with E-state index in [1.165, 1.54) is 52.5 Å². The van der Waals surface area contributed by atoms with Crippen LogP contribution in [0.25, 0.3) is 0 Å². The first-order valence-corrected chi connectivity index (χ1v) is 17.3. The number of nitrogens with one attached hydrogen (secondary N) is 3. The highest BCUT2D eigenvalue weighted by Gasteiger charge is 2.30. The van der Waals surface area contributed by atoms with E-state index in [2.05, 4.69) is 33.0 Å². The minimum absolute atomic E-state index is 0.136. The molecule has 1 aliphatic rings. The van der Waals surface area contributed by atoms with Crippen LogP contribution in [-0.4, -0.2) is 62.2 Å². The monoisotopic (exact) mass is 639 g/mol. The van der Waals surface area contributed by atoms with Crippen molar-refractivity contribution < 1.29 is 22.8 Å². The summed E-state index contributed by atoms with van der Waals surface area (Å²) in [5.74, 6) is -1.06. The van der Waals surface area contributed by atoms with Crippen molar-refractivity contribution in [2.45, 2.75) is 63.9 Å². The van der Waals surface area contributed by atoms with Gasteiger partial charge in [-0.05, 0) is 54.7 Å². The number of imide groups is 1. The van der Waals surface area contributed by atoms with Crippen LogP contribution in [0.2, 0.25) is 0 Å². The number of amides is 4. The second kappa shape index (κ2) is 15.4. The van der Waals surface area contributed by atoms with Gasteiger partial charge in [0.15, 0.2) is 0 Å². The molecule has 0 atom stereocenters. The van der Waals surface area contributed by atoms with Crippen LogP contribution in [0.15, 0.2) is 59.5 Å². The van der Waals surface area contributed by atoms with Gasteiger partial charge in [-0.1, -0.05) is 57.0 Å². The molecule has 4 amide bonds. The number of benzene rings is 2. The zero-order valence-electron chi connectivity index (χ0n) is 25.5. The quantitative estimate of drug-likeness (QED) is 0.235. The number of anilines is 1. The van der Waals surface area contributed by atoms with Crippen molar-refractivity contribution >= 4 is 44.2 Å². The van der Waals surface area contributed by atoms with E-state index in [1.54, 1.807) is 0 Å². The summed E-state index contributed by atoms with van der Waals surface area (Å²) < 4.78 is 28.2. The molecule has 2 heterocycles. The lowest BCUT2D eigenvalue weighted by Gasteiger charge is -2.27. The van der Waals surface area contributed by atoms with Gasteiger partial charge in [0.05, 0.1) is 10.5 Å². The number of fused-ring (bicyclic) bond motifs is 1. The summed E-state index contributed by atoms with van der Waals surface area (Å²) in [6, 6.07) is 15.4. The molecule has 0 saturated carbocycles. The molecule has 1 aliphatic heterocycles. The normalized spacial score (nSPS) is 13.4. The first-order chi connectivity index (χ1) is 21.2. The first kappa shape index (κ1) is 33.3. The van der Waals surface area contributed by atoms with E-state index in [0.29, 0.717) is 31.1 Å². The third-order valence-corrected chi connectivity index (χ3v) is 10.6. The van der Waals surface area contributed by atoms with Crippen LogP contribution in [0, 0.1) is 0 Å². The average molecular weight is 640 g/mol. The maximum atomic E-state index is 13.4. The molecule has 0 bridgehead atoms. The zero-order chi connectivity index (χ0) is 31.7. The van der Waals surface area contributed by atoms with Gasteiger partial charge in [0.1, 0.15) is 5.00 Å². The fraction of sp³-hybridized carbons (Fsp3) is 0.406. The molecule has 236 valence electrons. The smallest absolute Gasteiger partial charge is 0.321 e. The van der Waals surface area contributed by atoms with E-state index < -0.39 is 27.9 Å². The molecule has 44 heavy (non-hydrogen) atoms. The number of carbonyl (C=O) groups excluding carboxylic acids is 3. The predicted octanol–water partition coefficient (Wildman–Crippen LogP) is 5.22.